The third kappa shape index (κ3) is 4.16. The van der Waals surface area contributed by atoms with E-state index in [0.29, 0.717) is 16.7 Å². The van der Waals surface area contributed by atoms with Gasteiger partial charge in [0.2, 0.25) is 11.0 Å². The lowest BCUT2D eigenvalue weighted by Gasteiger charge is -2.14. The molecule has 1 aromatic carbocycles. The van der Waals surface area contributed by atoms with Gasteiger partial charge in [-0.15, -0.1) is 20.4 Å². The summed E-state index contributed by atoms with van der Waals surface area (Å²) in [6.07, 6.45) is 0.656. The largest absolute Gasteiger partial charge is 0.300 e. The average Bonchev–Trinajstić information content (AvgIpc) is 3.33. The minimum Gasteiger partial charge on any atom is -0.300 e. The van der Waals surface area contributed by atoms with Gasteiger partial charge in [0.15, 0.2) is 10.8 Å². The van der Waals surface area contributed by atoms with Crippen LogP contribution in [0.4, 0.5) is 5.13 Å². The van der Waals surface area contributed by atoms with Crippen LogP contribution in [0.25, 0.3) is 16.6 Å². The number of nitrogens with one attached hydrogen (secondary N) is 1. The van der Waals surface area contributed by atoms with Gasteiger partial charge >= 0.3 is 0 Å². The van der Waals surface area contributed by atoms with E-state index in [1.807, 2.05) is 13.0 Å². The highest BCUT2D eigenvalue weighted by molar-refractivity contribution is 8.00. The third-order valence-corrected chi connectivity index (χ3v) is 7.62. The number of hydrogen-bond acceptors (Lipinski definition) is 7. The monoisotopic (exact) mass is 454 g/mol. The summed E-state index contributed by atoms with van der Waals surface area (Å²) in [4.78, 5) is 13.0. The number of nitrogens with zero attached hydrogens (tertiary/aromatic N) is 5. The molecule has 1 atom stereocenters. The second kappa shape index (κ2) is 8.55. The Morgan fingerprint density at radius 3 is 2.55 bits per heavy atom. The molecule has 0 spiro atoms. The highest BCUT2D eigenvalue weighted by Gasteiger charge is 2.23. The zero-order chi connectivity index (χ0) is 22.3. The summed E-state index contributed by atoms with van der Waals surface area (Å²) in [6, 6.07) is 6.41. The molecule has 0 saturated carbocycles. The van der Waals surface area contributed by atoms with Crippen LogP contribution in [0.5, 0.6) is 0 Å². The molecule has 0 radical (unpaired) electrons. The van der Waals surface area contributed by atoms with Gasteiger partial charge < -0.3 is 0 Å². The summed E-state index contributed by atoms with van der Waals surface area (Å²) >= 11 is 2.85. The lowest BCUT2D eigenvalue weighted by molar-refractivity contribution is -0.115. The first-order valence-corrected chi connectivity index (χ1v) is 12.0. The molecule has 0 fully saturated rings. The van der Waals surface area contributed by atoms with Gasteiger partial charge in [0.05, 0.1) is 10.8 Å². The van der Waals surface area contributed by atoms with Gasteiger partial charge in [0.1, 0.15) is 5.01 Å². The summed E-state index contributed by atoms with van der Waals surface area (Å²) in [5.74, 6) is 0.185. The summed E-state index contributed by atoms with van der Waals surface area (Å²) in [5.41, 5.74) is 5.44. The van der Waals surface area contributed by atoms with E-state index in [4.69, 9.17) is 0 Å². The Kier molecular flexibility index (Phi) is 5.98. The van der Waals surface area contributed by atoms with Crippen molar-refractivity contribution in [3.05, 3.63) is 39.9 Å². The molecule has 4 rings (SSSR count). The quantitative estimate of drug-likeness (QED) is 0.398. The second-order valence-corrected chi connectivity index (χ2v) is 10.3. The zero-order valence-electron chi connectivity index (χ0n) is 18.6. The first-order chi connectivity index (χ1) is 14.8. The van der Waals surface area contributed by atoms with Gasteiger partial charge in [-0.05, 0) is 50.5 Å². The predicted molar refractivity (Wildman–Crippen MR) is 127 cm³/mol. The second-order valence-electron chi connectivity index (χ2n) is 8.09. The molecule has 3 aromatic heterocycles. The van der Waals surface area contributed by atoms with Gasteiger partial charge in [-0.1, -0.05) is 55.5 Å². The van der Waals surface area contributed by atoms with Crippen LogP contribution in [0.3, 0.4) is 0 Å². The number of carbonyl (C=O) groups excluding carboxylic acids is 1. The molecule has 0 bridgehead atoms. The summed E-state index contributed by atoms with van der Waals surface area (Å²) in [5, 5.41) is 23.0. The smallest absolute Gasteiger partial charge is 0.239 e. The van der Waals surface area contributed by atoms with Crippen molar-refractivity contribution >= 4 is 50.7 Å². The van der Waals surface area contributed by atoms with Crippen LogP contribution in [-0.2, 0) is 4.79 Å². The van der Waals surface area contributed by atoms with E-state index in [9.17, 15) is 4.79 Å². The maximum Gasteiger partial charge on any atom is 0.239 e. The molecular weight excluding hydrogens is 428 g/mol. The molecule has 1 unspecified atom stereocenters. The first kappa shape index (κ1) is 21.7. The Morgan fingerprint density at radius 2 is 1.87 bits per heavy atom. The molecular formula is C22H26N6OS2. The van der Waals surface area contributed by atoms with Crippen molar-refractivity contribution in [3.8, 4) is 0 Å². The predicted octanol–water partition coefficient (Wildman–Crippen LogP) is 5.29. The van der Waals surface area contributed by atoms with Gasteiger partial charge in [-0.25, -0.2) is 0 Å². The van der Waals surface area contributed by atoms with Gasteiger partial charge in [-0.3, -0.25) is 14.5 Å². The molecule has 9 heteroatoms. The number of amides is 1. The Balaban J connectivity index is 1.68. The number of pyridine rings is 1. The summed E-state index contributed by atoms with van der Waals surface area (Å²) < 4.78 is 2.07. The maximum absolute atomic E-state index is 13.0. The van der Waals surface area contributed by atoms with Crippen molar-refractivity contribution in [2.75, 3.05) is 5.32 Å². The van der Waals surface area contributed by atoms with Crippen LogP contribution < -0.4 is 5.32 Å². The lowest BCUT2D eigenvalue weighted by Crippen LogP contribution is -2.24. The number of aryl methyl sites for hydroxylation is 3. The lowest BCUT2D eigenvalue weighted by atomic mass is 10.0. The fraction of sp³-hybridized carbons (Fsp3) is 0.409. The van der Waals surface area contributed by atoms with E-state index in [2.05, 4.69) is 76.9 Å². The molecule has 31 heavy (non-hydrogen) atoms. The van der Waals surface area contributed by atoms with E-state index >= 15 is 0 Å². The fourth-order valence-corrected chi connectivity index (χ4v) is 5.36. The van der Waals surface area contributed by atoms with Crippen LogP contribution >= 0.6 is 23.1 Å². The molecule has 162 valence electrons. The van der Waals surface area contributed by atoms with Crippen molar-refractivity contribution in [2.24, 2.45) is 0 Å². The van der Waals surface area contributed by atoms with Crippen molar-refractivity contribution in [3.63, 3.8) is 0 Å². The van der Waals surface area contributed by atoms with E-state index in [-0.39, 0.29) is 17.1 Å². The van der Waals surface area contributed by atoms with Crippen LogP contribution in [0.2, 0.25) is 0 Å². The fourth-order valence-electron chi connectivity index (χ4n) is 3.64. The van der Waals surface area contributed by atoms with Gasteiger partial charge in [-0.2, -0.15) is 0 Å². The number of carbonyl (C=O) groups is 1. The Labute approximate surface area is 189 Å². The number of aromatic nitrogens is 5. The zero-order valence-corrected chi connectivity index (χ0v) is 20.2. The van der Waals surface area contributed by atoms with Crippen LogP contribution in [0.1, 0.15) is 54.8 Å². The van der Waals surface area contributed by atoms with E-state index in [1.165, 1.54) is 39.6 Å². The van der Waals surface area contributed by atoms with E-state index < -0.39 is 0 Å². The molecule has 4 aromatic rings. The molecule has 1 amide bonds. The minimum absolute atomic E-state index is 0.0975. The minimum atomic E-state index is -0.319. The SMILES string of the molecule is CCC(Sc1nnc2cc(C)c3cc(C)cc(C)c3n12)C(=O)Nc1nnc(C(C)C)s1. The van der Waals surface area contributed by atoms with Crippen molar-refractivity contribution in [1.29, 1.82) is 0 Å². The molecule has 0 saturated heterocycles. The molecule has 7 nitrogen and oxygen atoms in total. The number of fused-ring (bicyclic) bond motifs is 3. The van der Waals surface area contributed by atoms with E-state index in [0.717, 1.165) is 21.7 Å². The van der Waals surface area contributed by atoms with Crippen LogP contribution in [0, 0.1) is 20.8 Å². The first-order valence-electron chi connectivity index (χ1n) is 10.3. The third-order valence-electron chi connectivity index (χ3n) is 5.17. The number of anilines is 1. The van der Waals surface area contributed by atoms with Crippen molar-refractivity contribution in [2.45, 2.75) is 64.3 Å². The molecule has 1 N–H and O–H groups in total. The van der Waals surface area contributed by atoms with Gasteiger partial charge in [0, 0.05) is 11.3 Å². The number of benzene rings is 1. The average molecular weight is 455 g/mol. The topological polar surface area (TPSA) is 85.1 Å². The highest BCUT2D eigenvalue weighted by Crippen LogP contribution is 2.32. The Bertz CT molecular complexity index is 1280. The Morgan fingerprint density at radius 1 is 1.10 bits per heavy atom. The van der Waals surface area contributed by atoms with Crippen molar-refractivity contribution in [1.82, 2.24) is 24.8 Å². The summed E-state index contributed by atoms with van der Waals surface area (Å²) in [6.45, 7) is 12.4. The van der Waals surface area contributed by atoms with Gasteiger partial charge in [0.25, 0.3) is 0 Å². The molecule has 0 aliphatic carbocycles. The number of thioether (sulfide) groups is 1. The van der Waals surface area contributed by atoms with Crippen molar-refractivity contribution < 1.29 is 4.79 Å². The molecule has 0 aliphatic rings. The number of rotatable bonds is 6. The highest BCUT2D eigenvalue weighted by atomic mass is 32.2. The maximum atomic E-state index is 13.0. The van der Waals surface area contributed by atoms with Crippen LogP contribution in [-0.4, -0.2) is 36.0 Å². The normalized spacial score (nSPS) is 12.7. The van der Waals surface area contributed by atoms with Crippen LogP contribution in [0.15, 0.2) is 23.4 Å². The Hall–Kier alpha value is -2.52. The number of hydrogen-bond donors (Lipinski definition) is 1. The standard InChI is InChI=1S/C22H26N6OS2/c1-7-16(19(29)23-21-26-25-20(31-21)11(2)3)30-22-27-24-17-10-13(5)15-9-12(4)8-14(6)18(15)28(17)22/h8-11,16H,7H2,1-6H3,(H,23,26,29). The summed E-state index contributed by atoms with van der Waals surface area (Å²) in [7, 11) is 0. The molecule has 3 heterocycles. The van der Waals surface area contributed by atoms with E-state index in [1.54, 1.807) is 0 Å². The molecule has 0 aliphatic heterocycles.